The summed E-state index contributed by atoms with van der Waals surface area (Å²) in [7, 11) is -1.71. The summed E-state index contributed by atoms with van der Waals surface area (Å²) in [5.41, 5.74) is 0. The van der Waals surface area contributed by atoms with E-state index in [1.54, 1.807) is 14.0 Å². The van der Waals surface area contributed by atoms with Gasteiger partial charge < -0.3 is 14.8 Å². The molecule has 0 bridgehead atoms. The van der Waals surface area contributed by atoms with E-state index in [0.717, 1.165) is 6.26 Å². The second-order valence-corrected chi connectivity index (χ2v) is 5.64. The van der Waals surface area contributed by atoms with Crippen LogP contribution in [0.1, 0.15) is 13.3 Å². The van der Waals surface area contributed by atoms with Crippen LogP contribution in [0.25, 0.3) is 0 Å². The van der Waals surface area contributed by atoms with Gasteiger partial charge in [-0.15, -0.1) is 0 Å². The van der Waals surface area contributed by atoms with Crippen molar-refractivity contribution in [1.82, 2.24) is 9.62 Å². The largest absolute Gasteiger partial charge is 0.450 e. The van der Waals surface area contributed by atoms with Crippen molar-refractivity contribution in [2.24, 2.45) is 0 Å². The molecule has 0 aromatic rings. The molecule has 1 amide bonds. The van der Waals surface area contributed by atoms with Crippen LogP contribution in [0.5, 0.6) is 0 Å². The highest BCUT2D eigenvalue weighted by Gasteiger charge is 2.15. The molecule has 0 aromatic heterocycles. The van der Waals surface area contributed by atoms with E-state index in [0.29, 0.717) is 19.6 Å². The predicted octanol–water partition coefficient (Wildman–Crippen LogP) is 0.0306. The molecule has 0 heterocycles. The van der Waals surface area contributed by atoms with Crippen LogP contribution in [0.2, 0.25) is 0 Å². The Morgan fingerprint density at radius 3 is 2.50 bits per heavy atom. The number of hydrogen-bond acceptors (Lipinski definition) is 5. The molecule has 18 heavy (non-hydrogen) atoms. The molecular weight excluding hydrogens is 260 g/mol. The lowest BCUT2D eigenvalue weighted by Gasteiger charge is -2.19. The maximum Gasteiger partial charge on any atom is 0.407 e. The SMILES string of the molecule is CCOC(=O)NCCN(CCCOC)S(C)(=O)=O. The Hall–Kier alpha value is -0.860. The average Bonchev–Trinajstić information content (AvgIpc) is 2.26. The van der Waals surface area contributed by atoms with Crippen molar-refractivity contribution in [1.29, 1.82) is 0 Å². The van der Waals surface area contributed by atoms with Crippen molar-refractivity contribution in [3.8, 4) is 0 Å². The van der Waals surface area contributed by atoms with Crippen LogP contribution in [-0.2, 0) is 19.5 Å². The second-order valence-electron chi connectivity index (χ2n) is 3.66. The smallest absolute Gasteiger partial charge is 0.407 e. The van der Waals surface area contributed by atoms with E-state index in [2.05, 4.69) is 10.1 Å². The monoisotopic (exact) mass is 282 g/mol. The van der Waals surface area contributed by atoms with Crippen LogP contribution < -0.4 is 5.32 Å². The highest BCUT2D eigenvalue weighted by atomic mass is 32.2. The van der Waals surface area contributed by atoms with Gasteiger partial charge in [0.25, 0.3) is 0 Å². The van der Waals surface area contributed by atoms with Crippen LogP contribution in [0, 0.1) is 0 Å². The number of carbonyl (C=O) groups excluding carboxylic acids is 1. The van der Waals surface area contributed by atoms with Gasteiger partial charge in [-0.25, -0.2) is 17.5 Å². The quantitative estimate of drug-likeness (QED) is 0.603. The second kappa shape index (κ2) is 9.12. The van der Waals surface area contributed by atoms with Gasteiger partial charge in [0, 0.05) is 33.4 Å². The van der Waals surface area contributed by atoms with E-state index in [-0.39, 0.29) is 19.7 Å². The van der Waals surface area contributed by atoms with E-state index in [4.69, 9.17) is 4.74 Å². The van der Waals surface area contributed by atoms with E-state index < -0.39 is 16.1 Å². The molecule has 108 valence electrons. The molecule has 7 nitrogen and oxygen atoms in total. The van der Waals surface area contributed by atoms with E-state index in [1.165, 1.54) is 4.31 Å². The van der Waals surface area contributed by atoms with Crippen molar-refractivity contribution in [3.63, 3.8) is 0 Å². The summed E-state index contributed by atoms with van der Waals surface area (Å²) in [5, 5.41) is 2.48. The molecular formula is C10H22N2O5S. The zero-order valence-electron chi connectivity index (χ0n) is 11.1. The Balaban J connectivity index is 4.06. The number of sulfonamides is 1. The minimum absolute atomic E-state index is 0.221. The molecule has 0 fully saturated rings. The number of hydrogen-bond donors (Lipinski definition) is 1. The predicted molar refractivity (Wildman–Crippen MR) is 67.9 cm³/mol. The van der Waals surface area contributed by atoms with Crippen molar-refractivity contribution >= 4 is 16.1 Å². The van der Waals surface area contributed by atoms with Gasteiger partial charge in [-0.1, -0.05) is 0 Å². The van der Waals surface area contributed by atoms with E-state index in [1.807, 2.05) is 0 Å². The van der Waals surface area contributed by atoms with Crippen molar-refractivity contribution in [2.75, 3.05) is 46.2 Å². The van der Waals surface area contributed by atoms with Gasteiger partial charge >= 0.3 is 6.09 Å². The molecule has 0 aromatic carbocycles. The Kier molecular flexibility index (Phi) is 8.69. The fourth-order valence-electron chi connectivity index (χ4n) is 1.29. The lowest BCUT2D eigenvalue weighted by molar-refractivity contribution is 0.151. The zero-order valence-corrected chi connectivity index (χ0v) is 12.0. The summed E-state index contributed by atoms with van der Waals surface area (Å²) in [4.78, 5) is 11.0. The first-order valence-electron chi connectivity index (χ1n) is 5.76. The maximum absolute atomic E-state index is 11.5. The van der Waals surface area contributed by atoms with Gasteiger partial charge in [0.1, 0.15) is 0 Å². The maximum atomic E-state index is 11.5. The number of methoxy groups -OCH3 is 1. The Bertz CT molecular complexity index is 331. The minimum Gasteiger partial charge on any atom is -0.450 e. The van der Waals surface area contributed by atoms with Crippen LogP contribution in [0.3, 0.4) is 0 Å². The third-order valence-electron chi connectivity index (χ3n) is 2.13. The third-order valence-corrected chi connectivity index (χ3v) is 3.43. The van der Waals surface area contributed by atoms with Crippen LogP contribution in [0.4, 0.5) is 4.79 Å². The molecule has 0 aliphatic heterocycles. The number of alkyl carbamates (subject to hydrolysis) is 1. The Labute approximate surface area is 108 Å². The molecule has 0 radical (unpaired) electrons. The van der Waals surface area contributed by atoms with Crippen molar-refractivity contribution in [2.45, 2.75) is 13.3 Å². The molecule has 0 saturated heterocycles. The zero-order chi connectivity index (χ0) is 14.0. The minimum atomic E-state index is -3.27. The number of carbonyl (C=O) groups is 1. The van der Waals surface area contributed by atoms with Gasteiger partial charge in [0.2, 0.25) is 10.0 Å². The average molecular weight is 282 g/mol. The molecule has 0 aliphatic rings. The highest BCUT2D eigenvalue weighted by molar-refractivity contribution is 7.88. The highest BCUT2D eigenvalue weighted by Crippen LogP contribution is 1.99. The number of rotatable bonds is 9. The molecule has 0 rings (SSSR count). The van der Waals surface area contributed by atoms with Gasteiger partial charge in [0.15, 0.2) is 0 Å². The number of amides is 1. The fraction of sp³-hybridized carbons (Fsp3) is 0.900. The first-order valence-corrected chi connectivity index (χ1v) is 7.61. The lowest BCUT2D eigenvalue weighted by atomic mass is 10.4. The number of nitrogens with one attached hydrogen (secondary N) is 1. The standard InChI is InChI=1S/C10H22N2O5S/c1-4-17-10(13)11-6-8-12(18(3,14)15)7-5-9-16-2/h4-9H2,1-3H3,(H,11,13). The first kappa shape index (κ1) is 17.1. The number of ether oxygens (including phenoxy) is 2. The number of nitrogens with zero attached hydrogens (tertiary/aromatic N) is 1. The van der Waals surface area contributed by atoms with Crippen LogP contribution in [0.15, 0.2) is 0 Å². The molecule has 0 saturated carbocycles. The lowest BCUT2D eigenvalue weighted by Crippen LogP contribution is -2.39. The Morgan fingerprint density at radius 2 is 2.00 bits per heavy atom. The first-order chi connectivity index (χ1) is 8.41. The molecule has 1 N–H and O–H groups in total. The van der Waals surface area contributed by atoms with Gasteiger partial charge in [0.05, 0.1) is 12.9 Å². The summed E-state index contributed by atoms with van der Waals surface area (Å²) < 4.78 is 33.8. The van der Waals surface area contributed by atoms with E-state index in [9.17, 15) is 13.2 Å². The summed E-state index contributed by atoms with van der Waals surface area (Å²) in [6.45, 7) is 3.30. The molecule has 8 heteroatoms. The Morgan fingerprint density at radius 1 is 1.33 bits per heavy atom. The van der Waals surface area contributed by atoms with Crippen molar-refractivity contribution in [3.05, 3.63) is 0 Å². The topological polar surface area (TPSA) is 84.9 Å². The molecule has 0 atom stereocenters. The third kappa shape index (κ3) is 8.26. The van der Waals surface area contributed by atoms with Gasteiger partial charge in [-0.2, -0.15) is 0 Å². The summed E-state index contributed by atoms with van der Waals surface area (Å²) >= 11 is 0. The summed E-state index contributed by atoms with van der Waals surface area (Å²) in [6, 6.07) is 0. The molecule has 0 unspecified atom stereocenters. The normalized spacial score (nSPS) is 11.6. The summed E-state index contributed by atoms with van der Waals surface area (Å²) in [6.07, 6.45) is 1.22. The fourth-order valence-corrected chi connectivity index (χ4v) is 2.18. The van der Waals surface area contributed by atoms with Crippen LogP contribution in [-0.4, -0.2) is 65.0 Å². The molecule has 0 spiro atoms. The van der Waals surface area contributed by atoms with E-state index >= 15 is 0 Å². The summed E-state index contributed by atoms with van der Waals surface area (Å²) in [5.74, 6) is 0. The van der Waals surface area contributed by atoms with Gasteiger partial charge in [-0.3, -0.25) is 0 Å². The van der Waals surface area contributed by atoms with Crippen LogP contribution >= 0.6 is 0 Å². The van der Waals surface area contributed by atoms with Gasteiger partial charge in [-0.05, 0) is 13.3 Å². The van der Waals surface area contributed by atoms with Crippen molar-refractivity contribution < 1.29 is 22.7 Å². The molecule has 0 aliphatic carbocycles.